The SMILES string of the molecule is CCCNc1nc(CC(C)(C)C)nc(C)c1C(C)C. The Morgan fingerprint density at radius 3 is 2.26 bits per heavy atom. The van der Waals surface area contributed by atoms with Gasteiger partial charge in [-0.1, -0.05) is 41.5 Å². The smallest absolute Gasteiger partial charge is 0.133 e. The van der Waals surface area contributed by atoms with E-state index in [9.17, 15) is 0 Å². The molecule has 1 aromatic rings. The second-order valence-electron chi connectivity index (χ2n) is 6.81. The van der Waals surface area contributed by atoms with Gasteiger partial charge < -0.3 is 5.32 Å². The van der Waals surface area contributed by atoms with Crippen molar-refractivity contribution in [2.24, 2.45) is 5.41 Å². The monoisotopic (exact) mass is 263 g/mol. The molecule has 0 bridgehead atoms. The van der Waals surface area contributed by atoms with E-state index in [1.54, 1.807) is 0 Å². The predicted molar refractivity (Wildman–Crippen MR) is 82.8 cm³/mol. The normalized spacial score (nSPS) is 12.0. The minimum atomic E-state index is 0.216. The summed E-state index contributed by atoms with van der Waals surface area (Å²) in [5, 5.41) is 3.46. The van der Waals surface area contributed by atoms with Gasteiger partial charge in [0.1, 0.15) is 11.6 Å². The summed E-state index contributed by atoms with van der Waals surface area (Å²) in [5.41, 5.74) is 2.59. The van der Waals surface area contributed by atoms with Gasteiger partial charge in [0.15, 0.2) is 0 Å². The average Bonchev–Trinajstić information content (AvgIpc) is 2.22. The Hall–Kier alpha value is -1.12. The molecule has 1 rings (SSSR count). The lowest BCUT2D eigenvalue weighted by Gasteiger charge is -2.21. The fraction of sp³-hybridized carbons (Fsp3) is 0.750. The van der Waals surface area contributed by atoms with E-state index in [1.807, 2.05) is 0 Å². The minimum Gasteiger partial charge on any atom is -0.370 e. The average molecular weight is 263 g/mol. The van der Waals surface area contributed by atoms with E-state index >= 15 is 0 Å². The van der Waals surface area contributed by atoms with Gasteiger partial charge in [-0.2, -0.15) is 0 Å². The van der Waals surface area contributed by atoms with E-state index in [2.05, 4.69) is 53.8 Å². The number of hydrogen-bond donors (Lipinski definition) is 1. The van der Waals surface area contributed by atoms with Gasteiger partial charge in [-0.25, -0.2) is 9.97 Å². The van der Waals surface area contributed by atoms with E-state index in [4.69, 9.17) is 9.97 Å². The minimum absolute atomic E-state index is 0.216. The summed E-state index contributed by atoms with van der Waals surface area (Å²) in [6.07, 6.45) is 2.02. The van der Waals surface area contributed by atoms with E-state index in [0.717, 1.165) is 36.7 Å². The Morgan fingerprint density at radius 1 is 1.16 bits per heavy atom. The third-order valence-corrected chi connectivity index (χ3v) is 2.99. The number of aromatic nitrogens is 2. The van der Waals surface area contributed by atoms with Crippen LogP contribution < -0.4 is 5.32 Å². The summed E-state index contributed by atoms with van der Waals surface area (Å²) in [6.45, 7) is 16.3. The van der Waals surface area contributed by atoms with Crippen LogP contribution in [0.2, 0.25) is 0 Å². The van der Waals surface area contributed by atoms with Crippen molar-refractivity contribution in [3.05, 3.63) is 17.1 Å². The van der Waals surface area contributed by atoms with E-state index in [0.29, 0.717) is 5.92 Å². The molecule has 0 saturated heterocycles. The van der Waals surface area contributed by atoms with Gasteiger partial charge in [0, 0.05) is 24.2 Å². The Morgan fingerprint density at radius 2 is 1.79 bits per heavy atom. The molecule has 0 saturated carbocycles. The Kier molecular flexibility index (Phi) is 5.33. The fourth-order valence-corrected chi connectivity index (χ4v) is 2.26. The molecule has 0 aliphatic heterocycles. The molecule has 0 atom stereocenters. The first-order valence-electron chi connectivity index (χ1n) is 7.36. The van der Waals surface area contributed by atoms with Crippen LogP contribution in [-0.4, -0.2) is 16.5 Å². The Labute approximate surface area is 118 Å². The van der Waals surface area contributed by atoms with Crippen LogP contribution in [-0.2, 0) is 6.42 Å². The first kappa shape index (κ1) is 15.9. The zero-order valence-electron chi connectivity index (χ0n) is 13.6. The lowest BCUT2D eigenvalue weighted by Crippen LogP contribution is -2.16. The van der Waals surface area contributed by atoms with Crippen LogP contribution >= 0.6 is 0 Å². The van der Waals surface area contributed by atoms with Crippen molar-refractivity contribution in [1.82, 2.24) is 9.97 Å². The van der Waals surface area contributed by atoms with Gasteiger partial charge in [0.2, 0.25) is 0 Å². The highest BCUT2D eigenvalue weighted by molar-refractivity contribution is 5.48. The molecule has 3 heteroatoms. The van der Waals surface area contributed by atoms with Crippen LogP contribution in [0.3, 0.4) is 0 Å². The van der Waals surface area contributed by atoms with Crippen molar-refractivity contribution in [3.63, 3.8) is 0 Å². The van der Waals surface area contributed by atoms with Gasteiger partial charge in [-0.15, -0.1) is 0 Å². The number of nitrogens with zero attached hydrogens (tertiary/aromatic N) is 2. The standard InChI is InChI=1S/C16H29N3/c1-8-9-17-15-14(11(2)3)12(4)18-13(19-15)10-16(5,6)7/h11H,8-10H2,1-7H3,(H,17,18,19). The molecular formula is C16H29N3. The van der Waals surface area contributed by atoms with Crippen LogP contribution in [0, 0.1) is 12.3 Å². The third-order valence-electron chi connectivity index (χ3n) is 2.99. The Balaban J connectivity index is 3.14. The van der Waals surface area contributed by atoms with Crippen molar-refractivity contribution in [1.29, 1.82) is 0 Å². The molecule has 19 heavy (non-hydrogen) atoms. The van der Waals surface area contributed by atoms with Crippen LogP contribution in [0.4, 0.5) is 5.82 Å². The van der Waals surface area contributed by atoms with Crippen molar-refractivity contribution in [3.8, 4) is 0 Å². The molecule has 0 fully saturated rings. The van der Waals surface area contributed by atoms with Gasteiger partial charge >= 0.3 is 0 Å². The molecule has 0 aliphatic carbocycles. The maximum atomic E-state index is 4.76. The molecule has 3 nitrogen and oxygen atoms in total. The number of hydrogen-bond acceptors (Lipinski definition) is 3. The largest absolute Gasteiger partial charge is 0.370 e. The Bertz CT molecular complexity index is 417. The highest BCUT2D eigenvalue weighted by Gasteiger charge is 2.18. The molecule has 0 radical (unpaired) electrons. The van der Waals surface area contributed by atoms with Crippen LogP contribution in [0.1, 0.15) is 71.0 Å². The second-order valence-corrected chi connectivity index (χ2v) is 6.81. The van der Waals surface area contributed by atoms with Crippen LogP contribution in [0.15, 0.2) is 0 Å². The molecule has 0 spiro atoms. The molecule has 0 amide bonds. The van der Waals surface area contributed by atoms with Gasteiger partial charge in [0.05, 0.1) is 0 Å². The summed E-state index contributed by atoms with van der Waals surface area (Å²) in [5.74, 6) is 2.43. The highest BCUT2D eigenvalue weighted by atomic mass is 15.0. The maximum Gasteiger partial charge on any atom is 0.133 e. The number of nitrogens with one attached hydrogen (secondary N) is 1. The third kappa shape index (κ3) is 4.81. The number of rotatable bonds is 5. The second kappa shape index (κ2) is 6.36. The highest BCUT2D eigenvalue weighted by Crippen LogP contribution is 2.27. The molecule has 0 aliphatic rings. The molecule has 108 valence electrons. The van der Waals surface area contributed by atoms with Gasteiger partial charge in [-0.05, 0) is 24.7 Å². The van der Waals surface area contributed by atoms with E-state index in [-0.39, 0.29) is 5.41 Å². The molecule has 1 heterocycles. The first-order chi connectivity index (χ1) is 8.74. The van der Waals surface area contributed by atoms with Crippen molar-refractivity contribution < 1.29 is 0 Å². The first-order valence-corrected chi connectivity index (χ1v) is 7.36. The molecule has 0 aromatic carbocycles. The van der Waals surface area contributed by atoms with Crippen molar-refractivity contribution in [2.75, 3.05) is 11.9 Å². The number of aryl methyl sites for hydroxylation is 1. The predicted octanol–water partition coefficient (Wildman–Crippen LogP) is 4.32. The topological polar surface area (TPSA) is 37.8 Å². The van der Waals surface area contributed by atoms with Gasteiger partial charge in [0.25, 0.3) is 0 Å². The number of anilines is 1. The molecule has 0 unspecified atom stereocenters. The fourth-order valence-electron chi connectivity index (χ4n) is 2.26. The van der Waals surface area contributed by atoms with E-state index in [1.165, 1.54) is 5.56 Å². The zero-order chi connectivity index (χ0) is 14.6. The summed E-state index contributed by atoms with van der Waals surface area (Å²) in [7, 11) is 0. The van der Waals surface area contributed by atoms with Crippen LogP contribution in [0.25, 0.3) is 0 Å². The molecule has 1 N–H and O–H groups in total. The molecular weight excluding hydrogens is 234 g/mol. The summed E-state index contributed by atoms with van der Waals surface area (Å²) < 4.78 is 0. The summed E-state index contributed by atoms with van der Waals surface area (Å²) in [6, 6.07) is 0. The maximum absolute atomic E-state index is 4.76. The zero-order valence-corrected chi connectivity index (χ0v) is 13.6. The lowest BCUT2D eigenvalue weighted by molar-refractivity contribution is 0.400. The summed E-state index contributed by atoms with van der Waals surface area (Å²) in [4.78, 5) is 9.45. The van der Waals surface area contributed by atoms with E-state index < -0.39 is 0 Å². The van der Waals surface area contributed by atoms with Gasteiger partial charge in [-0.3, -0.25) is 0 Å². The molecule has 1 aromatic heterocycles. The van der Waals surface area contributed by atoms with Crippen molar-refractivity contribution >= 4 is 5.82 Å². The quantitative estimate of drug-likeness (QED) is 0.859. The van der Waals surface area contributed by atoms with Crippen molar-refractivity contribution in [2.45, 2.75) is 67.2 Å². The summed E-state index contributed by atoms with van der Waals surface area (Å²) >= 11 is 0. The van der Waals surface area contributed by atoms with Crippen LogP contribution in [0.5, 0.6) is 0 Å². The lowest BCUT2D eigenvalue weighted by atomic mass is 9.91.